The molecular formula is C11H27N3O3. The number of aliphatic hydroxyl groups excluding tert-OH is 2. The third-order valence-corrected chi connectivity index (χ3v) is 2.45. The average molecular weight is 249 g/mol. The van der Waals surface area contributed by atoms with Gasteiger partial charge >= 0.3 is 0 Å². The molecule has 0 spiro atoms. The lowest BCUT2D eigenvalue weighted by atomic mass is 10.1. The molecular weight excluding hydrogens is 222 g/mol. The summed E-state index contributed by atoms with van der Waals surface area (Å²) in [6.45, 7) is 4.63. The molecule has 0 amide bonds. The Morgan fingerprint density at radius 1 is 1.24 bits per heavy atom. The molecule has 0 aromatic heterocycles. The topological polar surface area (TPSA) is 114 Å². The highest BCUT2D eigenvalue weighted by molar-refractivity contribution is 4.74. The largest absolute Gasteiger partial charge is 0.389 e. The van der Waals surface area contributed by atoms with Crippen molar-refractivity contribution in [3.63, 3.8) is 0 Å². The van der Waals surface area contributed by atoms with Crippen LogP contribution in [0, 0.1) is 0 Å². The maximum atomic E-state index is 9.47. The quantitative estimate of drug-likeness (QED) is 0.282. The number of nitrogens with one attached hydrogen (secondary N) is 1. The van der Waals surface area contributed by atoms with E-state index in [4.69, 9.17) is 16.2 Å². The van der Waals surface area contributed by atoms with Gasteiger partial charge in [-0.25, -0.2) is 0 Å². The van der Waals surface area contributed by atoms with E-state index in [-0.39, 0.29) is 6.61 Å². The monoisotopic (exact) mass is 249 g/mol. The zero-order valence-electron chi connectivity index (χ0n) is 10.6. The van der Waals surface area contributed by atoms with Gasteiger partial charge in [0.1, 0.15) is 6.10 Å². The Hall–Kier alpha value is -0.240. The maximum absolute atomic E-state index is 9.47. The van der Waals surface area contributed by atoms with Crippen LogP contribution >= 0.6 is 0 Å². The van der Waals surface area contributed by atoms with Crippen LogP contribution in [0.5, 0.6) is 0 Å². The van der Waals surface area contributed by atoms with Crippen molar-refractivity contribution in [1.82, 2.24) is 5.32 Å². The van der Waals surface area contributed by atoms with Gasteiger partial charge in [0.25, 0.3) is 0 Å². The summed E-state index contributed by atoms with van der Waals surface area (Å²) in [5.74, 6) is 0. The van der Waals surface area contributed by atoms with E-state index in [2.05, 4.69) is 5.32 Å². The van der Waals surface area contributed by atoms with Crippen LogP contribution < -0.4 is 16.8 Å². The zero-order valence-corrected chi connectivity index (χ0v) is 10.6. The van der Waals surface area contributed by atoms with Crippen molar-refractivity contribution < 1.29 is 14.9 Å². The summed E-state index contributed by atoms with van der Waals surface area (Å²) in [6.07, 6.45) is 0.218. The number of rotatable bonds is 11. The first kappa shape index (κ1) is 16.8. The lowest BCUT2D eigenvalue weighted by Gasteiger charge is -2.20. The minimum atomic E-state index is -0.937. The van der Waals surface area contributed by atoms with Crippen LogP contribution in [-0.4, -0.2) is 61.3 Å². The highest BCUT2D eigenvalue weighted by atomic mass is 16.5. The number of hydrogen-bond donors (Lipinski definition) is 5. The Morgan fingerprint density at radius 3 is 2.53 bits per heavy atom. The molecule has 0 radical (unpaired) electrons. The Labute approximate surface area is 103 Å². The molecule has 0 rings (SSSR count). The summed E-state index contributed by atoms with van der Waals surface area (Å²) in [6, 6.07) is -0.456. The van der Waals surface area contributed by atoms with Crippen LogP contribution in [0.3, 0.4) is 0 Å². The fourth-order valence-corrected chi connectivity index (χ4v) is 1.32. The number of unbranched alkanes of at least 4 members (excludes halogenated alkanes) is 1. The lowest BCUT2D eigenvalue weighted by Crippen LogP contribution is -2.43. The second-order valence-corrected chi connectivity index (χ2v) is 4.24. The van der Waals surface area contributed by atoms with Crippen LogP contribution in [0.1, 0.15) is 19.8 Å². The van der Waals surface area contributed by atoms with E-state index in [0.29, 0.717) is 6.61 Å². The Bertz CT molecular complexity index is 170. The molecule has 6 nitrogen and oxygen atoms in total. The van der Waals surface area contributed by atoms with E-state index < -0.39 is 18.2 Å². The molecule has 0 aliphatic rings. The van der Waals surface area contributed by atoms with Crippen LogP contribution in [0.15, 0.2) is 0 Å². The Kier molecular flexibility index (Phi) is 10.7. The molecule has 0 saturated heterocycles. The fraction of sp³-hybridized carbons (Fsp3) is 1.00. The van der Waals surface area contributed by atoms with Crippen LogP contribution in [-0.2, 0) is 4.74 Å². The van der Waals surface area contributed by atoms with Gasteiger partial charge in [-0.05, 0) is 32.9 Å². The van der Waals surface area contributed by atoms with Gasteiger partial charge < -0.3 is 31.7 Å². The van der Waals surface area contributed by atoms with Gasteiger partial charge in [0.05, 0.1) is 19.3 Å². The number of ether oxygens (including phenoxy) is 1. The maximum Gasteiger partial charge on any atom is 0.105 e. The lowest BCUT2D eigenvalue weighted by molar-refractivity contribution is -0.0441. The molecule has 6 heteroatoms. The molecule has 0 heterocycles. The smallest absolute Gasteiger partial charge is 0.105 e. The molecule has 0 aromatic carbocycles. The van der Waals surface area contributed by atoms with Gasteiger partial charge in [-0.15, -0.1) is 0 Å². The second-order valence-electron chi connectivity index (χ2n) is 4.24. The minimum Gasteiger partial charge on any atom is -0.389 e. The number of aliphatic hydroxyl groups is 2. The summed E-state index contributed by atoms with van der Waals surface area (Å²) >= 11 is 0. The fourth-order valence-electron chi connectivity index (χ4n) is 1.32. The first-order valence-electron chi connectivity index (χ1n) is 6.19. The average Bonchev–Trinajstić information content (AvgIpc) is 2.31. The number of nitrogens with two attached hydrogens (primary N) is 2. The highest BCUT2D eigenvalue weighted by Crippen LogP contribution is 1.98. The molecule has 3 atom stereocenters. The van der Waals surface area contributed by atoms with Crippen LogP contribution in [0.2, 0.25) is 0 Å². The molecule has 1 unspecified atom stereocenters. The molecule has 0 aromatic rings. The molecule has 0 bridgehead atoms. The molecule has 0 saturated carbocycles. The molecule has 7 N–H and O–H groups in total. The van der Waals surface area contributed by atoms with Gasteiger partial charge in [0.2, 0.25) is 0 Å². The van der Waals surface area contributed by atoms with E-state index in [1.807, 2.05) is 0 Å². The van der Waals surface area contributed by atoms with Gasteiger partial charge in [-0.3, -0.25) is 0 Å². The summed E-state index contributed by atoms with van der Waals surface area (Å²) in [5.41, 5.74) is 10.8. The summed E-state index contributed by atoms with van der Waals surface area (Å²) in [4.78, 5) is 0. The summed E-state index contributed by atoms with van der Waals surface area (Å²) in [5, 5.41) is 22.1. The second kappa shape index (κ2) is 10.9. The van der Waals surface area contributed by atoms with Gasteiger partial charge in [0, 0.05) is 12.6 Å². The highest BCUT2D eigenvalue weighted by Gasteiger charge is 2.19. The van der Waals surface area contributed by atoms with Crippen molar-refractivity contribution >= 4 is 0 Å². The van der Waals surface area contributed by atoms with Crippen LogP contribution in [0.25, 0.3) is 0 Å². The predicted octanol–water partition coefficient (Wildman–Crippen LogP) is -1.60. The molecule has 0 aliphatic heterocycles. The summed E-state index contributed by atoms with van der Waals surface area (Å²) in [7, 11) is 0. The Balaban J connectivity index is 3.27. The van der Waals surface area contributed by atoms with E-state index in [1.54, 1.807) is 6.92 Å². The summed E-state index contributed by atoms with van der Waals surface area (Å²) < 4.78 is 5.22. The van der Waals surface area contributed by atoms with Crippen molar-refractivity contribution in [3.8, 4) is 0 Å². The molecule has 0 fully saturated rings. The van der Waals surface area contributed by atoms with E-state index in [0.717, 1.165) is 32.5 Å². The van der Waals surface area contributed by atoms with Crippen molar-refractivity contribution in [2.75, 3.05) is 32.8 Å². The normalized spacial score (nSPS) is 16.8. The third kappa shape index (κ3) is 9.46. The van der Waals surface area contributed by atoms with Crippen LogP contribution in [0.4, 0.5) is 0 Å². The van der Waals surface area contributed by atoms with Crippen molar-refractivity contribution in [2.45, 2.75) is 38.0 Å². The predicted molar refractivity (Wildman–Crippen MR) is 67.6 cm³/mol. The first-order valence-corrected chi connectivity index (χ1v) is 6.19. The van der Waals surface area contributed by atoms with E-state index in [9.17, 15) is 10.2 Å². The zero-order chi connectivity index (χ0) is 13.1. The van der Waals surface area contributed by atoms with E-state index >= 15 is 0 Å². The van der Waals surface area contributed by atoms with Gasteiger partial charge in [-0.2, -0.15) is 0 Å². The van der Waals surface area contributed by atoms with Gasteiger partial charge in [0.15, 0.2) is 0 Å². The van der Waals surface area contributed by atoms with Crippen molar-refractivity contribution in [1.29, 1.82) is 0 Å². The number of hydrogen-bond acceptors (Lipinski definition) is 6. The molecule has 17 heavy (non-hydrogen) atoms. The van der Waals surface area contributed by atoms with Crippen molar-refractivity contribution in [2.24, 2.45) is 11.5 Å². The first-order chi connectivity index (χ1) is 8.09. The Morgan fingerprint density at radius 2 is 1.94 bits per heavy atom. The molecule has 104 valence electrons. The van der Waals surface area contributed by atoms with Gasteiger partial charge in [-0.1, -0.05) is 0 Å². The van der Waals surface area contributed by atoms with Crippen molar-refractivity contribution in [3.05, 3.63) is 0 Å². The third-order valence-electron chi connectivity index (χ3n) is 2.45. The SMILES string of the molecule is CC(N)[C@@H](O)[C@H](O)COCCNCCCCN. The minimum absolute atomic E-state index is 0.104. The molecule has 0 aliphatic carbocycles. The standard InChI is InChI=1S/C11H27N3O3/c1-9(13)11(16)10(15)8-17-7-6-14-5-3-2-4-12/h9-11,14-16H,2-8,12-13H2,1H3/t9?,10-,11-/m1/s1. The van der Waals surface area contributed by atoms with E-state index in [1.165, 1.54) is 0 Å².